The van der Waals surface area contributed by atoms with Crippen molar-refractivity contribution in [3.63, 3.8) is 0 Å². The molecule has 0 saturated carbocycles. The fraction of sp³-hybridized carbons (Fsp3) is 0.455. The molecule has 0 bridgehead atoms. The standard InChI is InChI=1S/C11H16O3/c1-13-9-14-11-6-4-10(5-7-11)3-2-8-12/h4-7,12H,2-3,8-9H2,1H3. The minimum atomic E-state index is 0.238. The first kappa shape index (κ1) is 11.0. The summed E-state index contributed by atoms with van der Waals surface area (Å²) in [6.07, 6.45) is 1.71. The van der Waals surface area contributed by atoms with Gasteiger partial charge in [0.2, 0.25) is 0 Å². The zero-order valence-corrected chi connectivity index (χ0v) is 8.40. The van der Waals surface area contributed by atoms with Crippen molar-refractivity contribution in [3.8, 4) is 5.75 Å². The number of ether oxygens (including phenoxy) is 2. The van der Waals surface area contributed by atoms with Gasteiger partial charge >= 0.3 is 0 Å². The molecule has 0 fully saturated rings. The van der Waals surface area contributed by atoms with Crippen molar-refractivity contribution in [1.29, 1.82) is 0 Å². The maximum atomic E-state index is 8.66. The minimum Gasteiger partial charge on any atom is -0.468 e. The lowest BCUT2D eigenvalue weighted by atomic mass is 10.1. The van der Waals surface area contributed by atoms with Gasteiger partial charge in [-0.3, -0.25) is 0 Å². The number of hydrogen-bond acceptors (Lipinski definition) is 3. The van der Waals surface area contributed by atoms with Crippen LogP contribution in [0.1, 0.15) is 12.0 Å². The summed E-state index contributed by atoms with van der Waals surface area (Å²) in [5, 5.41) is 8.66. The molecule has 0 saturated heterocycles. The van der Waals surface area contributed by atoms with Crippen LogP contribution in [0.2, 0.25) is 0 Å². The summed E-state index contributed by atoms with van der Waals surface area (Å²) in [5.74, 6) is 0.805. The van der Waals surface area contributed by atoms with Crippen LogP contribution in [-0.4, -0.2) is 25.6 Å². The summed E-state index contributed by atoms with van der Waals surface area (Å²) >= 11 is 0. The second kappa shape index (κ2) is 6.40. The Morgan fingerprint density at radius 1 is 1.21 bits per heavy atom. The molecule has 0 aliphatic carbocycles. The number of rotatable bonds is 6. The Kier molecular flexibility index (Phi) is 5.04. The predicted octanol–water partition coefficient (Wildman–Crippen LogP) is 1.59. The molecule has 78 valence electrons. The van der Waals surface area contributed by atoms with Crippen molar-refractivity contribution in [2.75, 3.05) is 20.5 Å². The van der Waals surface area contributed by atoms with Crippen LogP contribution in [0.5, 0.6) is 5.75 Å². The average Bonchev–Trinajstić information content (AvgIpc) is 2.25. The van der Waals surface area contributed by atoms with E-state index < -0.39 is 0 Å². The van der Waals surface area contributed by atoms with Crippen LogP contribution in [-0.2, 0) is 11.2 Å². The molecule has 0 aromatic heterocycles. The Balaban J connectivity index is 2.42. The summed E-state index contributed by atoms with van der Waals surface area (Å²) in [4.78, 5) is 0. The normalized spacial score (nSPS) is 10.1. The largest absolute Gasteiger partial charge is 0.468 e. The summed E-state index contributed by atoms with van der Waals surface area (Å²) < 4.78 is 10.0. The van der Waals surface area contributed by atoms with Crippen LogP contribution in [0.4, 0.5) is 0 Å². The number of benzene rings is 1. The topological polar surface area (TPSA) is 38.7 Å². The maximum absolute atomic E-state index is 8.66. The molecule has 3 heteroatoms. The Hall–Kier alpha value is -1.06. The summed E-state index contributed by atoms with van der Waals surface area (Å²) in [7, 11) is 1.59. The van der Waals surface area contributed by atoms with Crippen molar-refractivity contribution >= 4 is 0 Å². The second-order valence-electron chi connectivity index (χ2n) is 3.02. The lowest BCUT2D eigenvalue weighted by Gasteiger charge is -2.05. The third kappa shape index (κ3) is 3.77. The minimum absolute atomic E-state index is 0.238. The molecule has 0 amide bonds. The molecular formula is C11H16O3. The number of aliphatic hydroxyl groups is 1. The molecule has 0 aliphatic rings. The van der Waals surface area contributed by atoms with Gasteiger partial charge in [-0.2, -0.15) is 0 Å². The molecule has 1 aromatic rings. The smallest absolute Gasteiger partial charge is 0.188 e. The van der Waals surface area contributed by atoms with Gasteiger partial charge in [-0.25, -0.2) is 0 Å². The van der Waals surface area contributed by atoms with E-state index in [-0.39, 0.29) is 13.4 Å². The van der Waals surface area contributed by atoms with E-state index in [9.17, 15) is 0 Å². The van der Waals surface area contributed by atoms with E-state index >= 15 is 0 Å². The van der Waals surface area contributed by atoms with Crippen molar-refractivity contribution < 1.29 is 14.6 Å². The Labute approximate surface area is 84.3 Å². The van der Waals surface area contributed by atoms with E-state index in [0.29, 0.717) is 0 Å². The zero-order valence-electron chi connectivity index (χ0n) is 8.40. The van der Waals surface area contributed by atoms with E-state index in [1.54, 1.807) is 7.11 Å². The molecule has 1 rings (SSSR count). The lowest BCUT2D eigenvalue weighted by molar-refractivity contribution is 0.0511. The van der Waals surface area contributed by atoms with Gasteiger partial charge in [0.15, 0.2) is 6.79 Å². The van der Waals surface area contributed by atoms with Crippen molar-refractivity contribution in [3.05, 3.63) is 29.8 Å². The summed E-state index contributed by atoms with van der Waals surface area (Å²) in [6, 6.07) is 7.82. The molecule has 0 aliphatic heterocycles. The highest BCUT2D eigenvalue weighted by atomic mass is 16.7. The quantitative estimate of drug-likeness (QED) is 0.702. The highest BCUT2D eigenvalue weighted by molar-refractivity contribution is 5.27. The third-order valence-corrected chi connectivity index (χ3v) is 1.89. The van der Waals surface area contributed by atoms with Crippen molar-refractivity contribution in [2.24, 2.45) is 0 Å². The fourth-order valence-corrected chi connectivity index (χ4v) is 1.16. The van der Waals surface area contributed by atoms with Crippen LogP contribution >= 0.6 is 0 Å². The third-order valence-electron chi connectivity index (χ3n) is 1.89. The first-order valence-corrected chi connectivity index (χ1v) is 4.68. The van der Waals surface area contributed by atoms with Crippen LogP contribution in [0.25, 0.3) is 0 Å². The monoisotopic (exact) mass is 196 g/mol. The van der Waals surface area contributed by atoms with Crippen molar-refractivity contribution in [2.45, 2.75) is 12.8 Å². The van der Waals surface area contributed by atoms with Crippen molar-refractivity contribution in [1.82, 2.24) is 0 Å². The predicted molar refractivity (Wildman–Crippen MR) is 54.4 cm³/mol. The highest BCUT2D eigenvalue weighted by Crippen LogP contribution is 2.13. The Morgan fingerprint density at radius 3 is 2.50 bits per heavy atom. The number of aliphatic hydroxyl groups excluding tert-OH is 1. The van der Waals surface area contributed by atoms with Gasteiger partial charge in [0, 0.05) is 13.7 Å². The Morgan fingerprint density at radius 2 is 1.93 bits per heavy atom. The van der Waals surface area contributed by atoms with E-state index in [1.165, 1.54) is 5.56 Å². The molecule has 1 aromatic carbocycles. The fourth-order valence-electron chi connectivity index (χ4n) is 1.16. The van der Waals surface area contributed by atoms with Gasteiger partial charge in [-0.15, -0.1) is 0 Å². The molecular weight excluding hydrogens is 180 g/mol. The van der Waals surface area contributed by atoms with E-state index in [2.05, 4.69) is 0 Å². The summed E-state index contributed by atoms with van der Waals surface area (Å²) in [6.45, 7) is 0.512. The van der Waals surface area contributed by atoms with Gasteiger partial charge < -0.3 is 14.6 Å². The zero-order chi connectivity index (χ0) is 10.2. The van der Waals surface area contributed by atoms with Gasteiger partial charge in [-0.05, 0) is 30.5 Å². The van der Waals surface area contributed by atoms with Crippen LogP contribution in [0, 0.1) is 0 Å². The first-order valence-electron chi connectivity index (χ1n) is 4.68. The Bertz CT molecular complexity index is 216. The van der Waals surface area contributed by atoms with Gasteiger partial charge in [0.25, 0.3) is 0 Å². The molecule has 0 spiro atoms. The van der Waals surface area contributed by atoms with Gasteiger partial charge in [0.1, 0.15) is 5.75 Å². The van der Waals surface area contributed by atoms with Crippen LogP contribution in [0.3, 0.4) is 0 Å². The number of methoxy groups -OCH3 is 1. The highest BCUT2D eigenvalue weighted by Gasteiger charge is 1.94. The molecule has 0 unspecified atom stereocenters. The molecule has 0 heterocycles. The summed E-state index contributed by atoms with van der Waals surface area (Å²) in [5.41, 5.74) is 1.21. The number of aryl methyl sites for hydroxylation is 1. The number of hydrogen-bond donors (Lipinski definition) is 1. The molecule has 1 N–H and O–H groups in total. The first-order chi connectivity index (χ1) is 6.86. The molecule has 0 atom stereocenters. The lowest BCUT2D eigenvalue weighted by Crippen LogP contribution is -1.98. The SMILES string of the molecule is COCOc1ccc(CCCO)cc1. The van der Waals surface area contributed by atoms with Gasteiger partial charge in [-0.1, -0.05) is 12.1 Å². The second-order valence-corrected chi connectivity index (χ2v) is 3.02. The molecule has 0 radical (unpaired) electrons. The van der Waals surface area contributed by atoms with Gasteiger partial charge in [0.05, 0.1) is 0 Å². The van der Waals surface area contributed by atoms with E-state index in [0.717, 1.165) is 18.6 Å². The van der Waals surface area contributed by atoms with E-state index in [4.69, 9.17) is 14.6 Å². The van der Waals surface area contributed by atoms with E-state index in [1.807, 2.05) is 24.3 Å². The maximum Gasteiger partial charge on any atom is 0.188 e. The van der Waals surface area contributed by atoms with Crippen LogP contribution in [0.15, 0.2) is 24.3 Å². The molecule has 3 nitrogen and oxygen atoms in total. The molecule has 14 heavy (non-hydrogen) atoms. The van der Waals surface area contributed by atoms with Crippen LogP contribution < -0.4 is 4.74 Å². The average molecular weight is 196 g/mol.